The molecule has 1 heterocycles. The smallest absolute Gasteiger partial charge is 0.404 e. The molecule has 0 aliphatic carbocycles. The Bertz CT molecular complexity index is 429. The first-order valence-corrected chi connectivity index (χ1v) is 5.22. The van der Waals surface area contributed by atoms with Crippen LogP contribution in [0.5, 0.6) is 5.75 Å². The lowest BCUT2D eigenvalue weighted by molar-refractivity contribution is -0.275. The summed E-state index contributed by atoms with van der Waals surface area (Å²) in [5, 5.41) is 8.50. The lowest BCUT2D eigenvalue weighted by Crippen LogP contribution is -2.18. The van der Waals surface area contributed by atoms with Gasteiger partial charge in [-0.15, -0.1) is 13.2 Å². The molecule has 0 N–H and O–H groups in total. The molecule has 80 valence electrons. The molecular weight excluding hydrogens is 392 g/mol. The minimum Gasteiger partial charge on any atom is -0.404 e. The van der Waals surface area contributed by atoms with Crippen molar-refractivity contribution in [3.05, 3.63) is 19.9 Å². The third kappa shape index (κ3) is 3.49. The molecule has 0 aliphatic rings. The monoisotopic (exact) mass is 392 g/mol. The van der Waals surface area contributed by atoms with Gasteiger partial charge in [0.1, 0.15) is 22.1 Å². The third-order valence-corrected chi connectivity index (χ3v) is 3.58. The van der Waals surface area contributed by atoms with Crippen molar-refractivity contribution in [3.8, 4) is 11.8 Å². The van der Waals surface area contributed by atoms with Gasteiger partial charge >= 0.3 is 6.36 Å². The largest absolute Gasteiger partial charge is 0.573 e. The summed E-state index contributed by atoms with van der Waals surface area (Å²) in [6.45, 7) is 0. The summed E-state index contributed by atoms with van der Waals surface area (Å²) in [6.07, 6.45) is -4.78. The van der Waals surface area contributed by atoms with Gasteiger partial charge in [-0.2, -0.15) is 5.26 Å². The van der Waals surface area contributed by atoms with Crippen LogP contribution in [0.1, 0.15) is 5.69 Å². The van der Waals surface area contributed by atoms with E-state index in [-0.39, 0.29) is 13.9 Å². The fourth-order valence-electron chi connectivity index (χ4n) is 0.733. The van der Waals surface area contributed by atoms with Crippen LogP contribution in [0.2, 0.25) is 0 Å². The highest BCUT2D eigenvalue weighted by atomic mass is 127. The maximum Gasteiger partial charge on any atom is 0.573 e. The van der Waals surface area contributed by atoms with Gasteiger partial charge in [-0.05, 0) is 38.5 Å². The normalized spacial score (nSPS) is 10.9. The van der Waals surface area contributed by atoms with Gasteiger partial charge in [0.25, 0.3) is 0 Å². The molecule has 0 bridgehead atoms. The Morgan fingerprint density at radius 1 is 1.53 bits per heavy atom. The summed E-state index contributed by atoms with van der Waals surface area (Å²) in [5.41, 5.74) is -0.151. The number of pyridine rings is 1. The minimum absolute atomic E-state index is 0.140. The predicted octanol–water partition coefficient (Wildman–Crippen LogP) is 3.22. The fraction of sp³-hybridized carbons (Fsp3) is 0.143. The second kappa shape index (κ2) is 4.52. The SMILES string of the molecule is N#Cc1cc(OC(F)(F)F)c(I)c(Br)n1. The third-order valence-electron chi connectivity index (χ3n) is 1.22. The molecule has 0 saturated carbocycles. The van der Waals surface area contributed by atoms with E-state index in [1.165, 1.54) is 0 Å². The highest BCUT2D eigenvalue weighted by Gasteiger charge is 2.32. The second-order valence-electron chi connectivity index (χ2n) is 2.27. The van der Waals surface area contributed by atoms with Crippen molar-refractivity contribution in [3.63, 3.8) is 0 Å². The molecule has 15 heavy (non-hydrogen) atoms. The molecule has 1 aromatic heterocycles. The first kappa shape index (κ1) is 12.5. The van der Waals surface area contributed by atoms with Gasteiger partial charge in [-0.25, -0.2) is 4.98 Å². The van der Waals surface area contributed by atoms with E-state index in [1.54, 1.807) is 28.7 Å². The van der Waals surface area contributed by atoms with Crippen molar-refractivity contribution >= 4 is 38.5 Å². The molecule has 0 unspecified atom stereocenters. The summed E-state index contributed by atoms with van der Waals surface area (Å²) in [4.78, 5) is 3.68. The first-order chi connectivity index (χ1) is 6.83. The van der Waals surface area contributed by atoms with Crippen LogP contribution < -0.4 is 4.74 Å². The number of hydrogen-bond donors (Lipinski definition) is 0. The Morgan fingerprint density at radius 2 is 2.13 bits per heavy atom. The topological polar surface area (TPSA) is 45.9 Å². The van der Waals surface area contributed by atoms with Gasteiger partial charge < -0.3 is 4.74 Å². The zero-order chi connectivity index (χ0) is 11.6. The summed E-state index contributed by atoms with van der Waals surface area (Å²) in [6, 6.07) is 2.56. The van der Waals surface area contributed by atoms with E-state index in [2.05, 4.69) is 25.7 Å². The molecule has 0 radical (unpaired) electrons. The highest BCUT2D eigenvalue weighted by molar-refractivity contribution is 14.1. The van der Waals surface area contributed by atoms with Crippen molar-refractivity contribution in [2.75, 3.05) is 0 Å². The van der Waals surface area contributed by atoms with Crippen LogP contribution in [0.25, 0.3) is 0 Å². The van der Waals surface area contributed by atoms with Crippen LogP contribution >= 0.6 is 38.5 Å². The van der Waals surface area contributed by atoms with Crippen molar-refractivity contribution in [1.29, 1.82) is 5.26 Å². The molecule has 1 rings (SSSR count). The van der Waals surface area contributed by atoms with E-state index in [0.29, 0.717) is 0 Å². The van der Waals surface area contributed by atoms with Gasteiger partial charge in [0.2, 0.25) is 0 Å². The van der Waals surface area contributed by atoms with Crippen LogP contribution in [-0.2, 0) is 0 Å². The molecule has 0 saturated heterocycles. The van der Waals surface area contributed by atoms with Crippen LogP contribution in [0, 0.1) is 14.9 Å². The van der Waals surface area contributed by atoms with E-state index in [9.17, 15) is 13.2 Å². The molecule has 3 nitrogen and oxygen atoms in total. The van der Waals surface area contributed by atoms with E-state index in [4.69, 9.17) is 5.26 Å². The summed E-state index contributed by atoms with van der Waals surface area (Å²) < 4.78 is 39.9. The van der Waals surface area contributed by atoms with Crippen molar-refractivity contribution < 1.29 is 17.9 Å². The summed E-state index contributed by atoms with van der Waals surface area (Å²) >= 11 is 4.56. The average Bonchev–Trinajstić information content (AvgIpc) is 2.10. The number of halogens is 5. The number of rotatable bonds is 1. The lowest BCUT2D eigenvalue weighted by atomic mass is 10.3. The fourth-order valence-corrected chi connectivity index (χ4v) is 1.51. The lowest BCUT2D eigenvalue weighted by Gasteiger charge is -2.10. The molecule has 0 aromatic carbocycles. The van der Waals surface area contributed by atoms with Crippen molar-refractivity contribution in [2.45, 2.75) is 6.36 Å². The predicted molar refractivity (Wildman–Crippen MR) is 56.1 cm³/mol. The Kier molecular flexibility index (Phi) is 3.77. The zero-order valence-electron chi connectivity index (χ0n) is 6.77. The molecular formula is C7HBrF3IN2O. The van der Waals surface area contributed by atoms with Gasteiger partial charge in [0.05, 0.1) is 3.57 Å². The molecule has 1 aromatic rings. The van der Waals surface area contributed by atoms with Crippen LogP contribution in [0.15, 0.2) is 10.7 Å². The van der Waals surface area contributed by atoms with Crippen molar-refractivity contribution in [1.82, 2.24) is 4.98 Å². The Hall–Kier alpha value is -0.560. The van der Waals surface area contributed by atoms with Gasteiger partial charge in [-0.3, -0.25) is 0 Å². The van der Waals surface area contributed by atoms with Gasteiger partial charge in [-0.1, -0.05) is 0 Å². The van der Waals surface area contributed by atoms with Gasteiger partial charge in [0, 0.05) is 6.07 Å². The molecule has 0 spiro atoms. The number of aromatic nitrogens is 1. The highest BCUT2D eigenvalue weighted by Crippen LogP contribution is 2.31. The van der Waals surface area contributed by atoms with E-state index < -0.39 is 12.1 Å². The second-order valence-corrected chi connectivity index (χ2v) is 4.10. The quantitative estimate of drug-likeness (QED) is 0.544. The number of nitrogens with zero attached hydrogens (tertiary/aromatic N) is 2. The molecule has 8 heteroatoms. The summed E-state index contributed by atoms with van der Waals surface area (Å²) in [5.74, 6) is -0.443. The maximum atomic E-state index is 11.9. The average molecular weight is 393 g/mol. The van der Waals surface area contributed by atoms with E-state index in [0.717, 1.165) is 6.07 Å². The first-order valence-electron chi connectivity index (χ1n) is 3.35. The van der Waals surface area contributed by atoms with E-state index in [1.807, 2.05) is 0 Å². The molecule has 0 amide bonds. The number of alkyl halides is 3. The minimum atomic E-state index is -4.78. The van der Waals surface area contributed by atoms with Crippen molar-refractivity contribution in [2.24, 2.45) is 0 Å². The van der Waals surface area contributed by atoms with Crippen LogP contribution in [-0.4, -0.2) is 11.3 Å². The Balaban J connectivity index is 3.18. The summed E-state index contributed by atoms with van der Waals surface area (Å²) in [7, 11) is 0. The Labute approximate surface area is 105 Å². The number of ether oxygens (including phenoxy) is 1. The van der Waals surface area contributed by atoms with Crippen LogP contribution in [0.4, 0.5) is 13.2 Å². The van der Waals surface area contributed by atoms with E-state index >= 15 is 0 Å². The van der Waals surface area contributed by atoms with Gasteiger partial charge in [0.15, 0.2) is 0 Å². The number of nitriles is 1. The maximum absolute atomic E-state index is 11.9. The molecule has 0 atom stereocenters. The number of hydrogen-bond acceptors (Lipinski definition) is 3. The molecule has 0 fully saturated rings. The molecule has 0 aliphatic heterocycles. The van der Waals surface area contributed by atoms with Crippen LogP contribution in [0.3, 0.4) is 0 Å². The standard InChI is InChI=1S/C7HBrF3IN2O/c8-6-5(12)4(15-7(9,10)11)1-3(2-13)14-6/h1H. The Morgan fingerprint density at radius 3 is 2.60 bits per heavy atom. The zero-order valence-corrected chi connectivity index (χ0v) is 10.5.